The number of carboxylic acid groups (broad SMARTS) is 1. The van der Waals surface area contributed by atoms with E-state index in [0.29, 0.717) is 17.3 Å². The van der Waals surface area contributed by atoms with Crippen LogP contribution in [-0.4, -0.2) is 52.6 Å². The fraction of sp³-hybridized carbons (Fsp3) is 0.433. The van der Waals surface area contributed by atoms with Crippen LogP contribution in [0.4, 0.5) is 16.2 Å². The molecule has 0 saturated heterocycles. The second-order valence-corrected chi connectivity index (χ2v) is 11.5. The number of rotatable bonds is 7. The smallest absolute Gasteiger partial charge is 0.345 e. The first-order valence-corrected chi connectivity index (χ1v) is 13.4. The van der Waals surface area contributed by atoms with Crippen LogP contribution in [0.25, 0.3) is 0 Å². The zero-order chi connectivity index (χ0) is 28.3. The zero-order valence-electron chi connectivity index (χ0n) is 22.9. The number of hydrogen-bond donors (Lipinski definition) is 2. The van der Waals surface area contributed by atoms with Crippen LogP contribution in [0.1, 0.15) is 69.3 Å². The predicted molar refractivity (Wildman–Crippen MR) is 150 cm³/mol. The fourth-order valence-electron chi connectivity index (χ4n) is 4.93. The number of hydrazone groups is 1. The fourth-order valence-corrected chi connectivity index (χ4v) is 4.93. The van der Waals surface area contributed by atoms with Gasteiger partial charge < -0.3 is 10.4 Å². The maximum atomic E-state index is 13.9. The molecule has 0 radical (unpaired) electrons. The van der Waals surface area contributed by atoms with Crippen molar-refractivity contribution in [2.75, 3.05) is 23.3 Å². The molecule has 39 heavy (non-hydrogen) atoms. The van der Waals surface area contributed by atoms with Crippen molar-refractivity contribution in [1.82, 2.24) is 5.01 Å². The van der Waals surface area contributed by atoms with Crippen molar-refractivity contribution >= 4 is 40.8 Å². The number of benzene rings is 2. The van der Waals surface area contributed by atoms with E-state index in [0.717, 1.165) is 42.0 Å². The lowest BCUT2D eigenvalue weighted by atomic mass is 9.78. The van der Waals surface area contributed by atoms with Gasteiger partial charge in [0, 0.05) is 22.6 Å². The summed E-state index contributed by atoms with van der Waals surface area (Å²) in [7, 11) is 0. The van der Waals surface area contributed by atoms with Crippen molar-refractivity contribution in [3.63, 3.8) is 0 Å². The van der Waals surface area contributed by atoms with E-state index in [2.05, 4.69) is 12.2 Å². The lowest BCUT2D eigenvalue weighted by Crippen LogP contribution is -2.47. The van der Waals surface area contributed by atoms with Gasteiger partial charge >= 0.3 is 12.0 Å². The number of carboxylic acids is 1. The first kappa shape index (κ1) is 28.0. The minimum Gasteiger partial charge on any atom is -0.478 e. The summed E-state index contributed by atoms with van der Waals surface area (Å²) in [5.74, 6) is -1.02. The molecule has 206 valence electrons. The highest BCUT2D eigenvalue weighted by Crippen LogP contribution is 2.36. The molecule has 0 aromatic heterocycles. The molecule has 3 amide bonds. The van der Waals surface area contributed by atoms with Crippen molar-refractivity contribution in [2.24, 2.45) is 22.4 Å². The third-order valence-electron chi connectivity index (χ3n) is 7.38. The molecule has 9 heteroatoms. The Morgan fingerprint density at radius 1 is 1.00 bits per heavy atom. The SMILES string of the molecule is CC1CCC(C2=NN(CC(=O)Nc3cccc(C(=O)O)c3)C(=O)N(CC(=O)C(C)(C)C)c3ccccc32)CC1. The average molecular weight is 533 g/mol. The predicted octanol–water partition coefficient (Wildman–Crippen LogP) is 5.41. The van der Waals surface area contributed by atoms with E-state index in [4.69, 9.17) is 5.10 Å². The molecule has 1 fully saturated rings. The third-order valence-corrected chi connectivity index (χ3v) is 7.38. The lowest BCUT2D eigenvalue weighted by Gasteiger charge is -2.28. The van der Waals surface area contributed by atoms with Gasteiger partial charge in [0.25, 0.3) is 0 Å². The highest BCUT2D eigenvalue weighted by atomic mass is 16.4. The van der Waals surface area contributed by atoms with E-state index in [9.17, 15) is 24.3 Å². The molecule has 0 bridgehead atoms. The number of carbonyl (C=O) groups excluding carboxylic acids is 3. The van der Waals surface area contributed by atoms with Gasteiger partial charge in [0.05, 0.1) is 23.5 Å². The number of nitrogens with zero attached hydrogens (tertiary/aromatic N) is 3. The van der Waals surface area contributed by atoms with Gasteiger partial charge in [-0.15, -0.1) is 0 Å². The molecule has 4 rings (SSSR count). The van der Waals surface area contributed by atoms with Crippen molar-refractivity contribution < 1.29 is 24.3 Å². The number of hydrogen-bond acceptors (Lipinski definition) is 5. The Balaban J connectivity index is 1.70. The summed E-state index contributed by atoms with van der Waals surface area (Å²) in [5, 5.41) is 17.9. The number of anilines is 2. The van der Waals surface area contributed by atoms with Gasteiger partial charge in [-0.25, -0.2) is 14.6 Å². The van der Waals surface area contributed by atoms with Crippen LogP contribution in [0.2, 0.25) is 0 Å². The van der Waals surface area contributed by atoms with E-state index in [-0.39, 0.29) is 23.8 Å². The van der Waals surface area contributed by atoms with E-state index in [1.807, 2.05) is 45.0 Å². The highest BCUT2D eigenvalue weighted by molar-refractivity contribution is 6.13. The second kappa shape index (κ2) is 11.4. The number of carbonyl (C=O) groups is 4. The van der Waals surface area contributed by atoms with Crippen molar-refractivity contribution in [3.8, 4) is 0 Å². The Bertz CT molecular complexity index is 1300. The van der Waals surface area contributed by atoms with Crippen LogP contribution in [0.3, 0.4) is 0 Å². The van der Waals surface area contributed by atoms with Crippen LogP contribution < -0.4 is 10.2 Å². The molecule has 0 atom stereocenters. The summed E-state index contributed by atoms with van der Waals surface area (Å²) < 4.78 is 0. The molecule has 2 N–H and O–H groups in total. The molecule has 1 saturated carbocycles. The van der Waals surface area contributed by atoms with Crippen LogP contribution in [0.15, 0.2) is 53.6 Å². The highest BCUT2D eigenvalue weighted by Gasteiger charge is 2.36. The largest absolute Gasteiger partial charge is 0.478 e. The van der Waals surface area contributed by atoms with E-state index < -0.39 is 29.9 Å². The Morgan fingerprint density at radius 3 is 2.36 bits per heavy atom. The molecule has 0 spiro atoms. The number of fused-ring (bicyclic) bond motifs is 1. The third kappa shape index (κ3) is 6.53. The molecule has 1 aliphatic heterocycles. The summed E-state index contributed by atoms with van der Waals surface area (Å²) in [6.45, 7) is 7.12. The molecule has 1 aliphatic carbocycles. The Morgan fingerprint density at radius 2 is 1.69 bits per heavy atom. The molecule has 0 unspecified atom stereocenters. The van der Waals surface area contributed by atoms with E-state index >= 15 is 0 Å². The first-order valence-electron chi connectivity index (χ1n) is 13.4. The number of aromatic carboxylic acids is 1. The number of para-hydroxylation sites is 1. The summed E-state index contributed by atoms with van der Waals surface area (Å²) >= 11 is 0. The molecule has 9 nitrogen and oxygen atoms in total. The quantitative estimate of drug-likeness (QED) is 0.494. The van der Waals surface area contributed by atoms with Gasteiger partial charge in [-0.05, 0) is 43.0 Å². The average Bonchev–Trinajstić information content (AvgIpc) is 2.99. The van der Waals surface area contributed by atoms with Gasteiger partial charge in [0.1, 0.15) is 6.54 Å². The number of Topliss-reactive ketones (excluding diaryl/α,β-unsaturated/α-hetero) is 1. The molecular formula is C30H36N4O5. The Labute approximate surface area is 228 Å². The lowest BCUT2D eigenvalue weighted by molar-refractivity contribution is -0.124. The van der Waals surface area contributed by atoms with Crippen molar-refractivity contribution in [3.05, 3.63) is 59.7 Å². The molecular weight excluding hydrogens is 496 g/mol. The van der Waals surface area contributed by atoms with E-state index in [1.165, 1.54) is 23.1 Å². The maximum absolute atomic E-state index is 13.9. The molecule has 2 aromatic rings. The van der Waals surface area contributed by atoms with E-state index in [1.54, 1.807) is 6.07 Å². The zero-order valence-corrected chi connectivity index (χ0v) is 22.9. The van der Waals surface area contributed by atoms with Crippen LogP contribution in [0, 0.1) is 17.3 Å². The van der Waals surface area contributed by atoms with Crippen molar-refractivity contribution in [2.45, 2.75) is 53.4 Å². The molecule has 2 aromatic carbocycles. The standard InChI is InChI=1S/C30H36N4O5/c1-19-12-14-20(15-13-19)27-23-10-5-6-11-24(23)33(17-25(35)30(2,3)4)29(39)34(32-27)18-26(36)31-22-9-7-8-21(16-22)28(37)38/h5-11,16,19-20H,12-15,17-18H2,1-4H3,(H,31,36)(H,37,38). The Hall–Kier alpha value is -4.01. The first-order chi connectivity index (χ1) is 18.4. The van der Waals surface area contributed by atoms with Gasteiger partial charge in [-0.1, -0.05) is 64.8 Å². The summed E-state index contributed by atoms with van der Waals surface area (Å²) in [6, 6.07) is 12.8. The summed E-state index contributed by atoms with van der Waals surface area (Å²) in [5.41, 5.74) is 1.82. The van der Waals surface area contributed by atoms with Crippen LogP contribution in [-0.2, 0) is 9.59 Å². The minimum absolute atomic E-state index is 0.0350. The van der Waals surface area contributed by atoms with Crippen LogP contribution >= 0.6 is 0 Å². The van der Waals surface area contributed by atoms with Gasteiger partial charge in [-0.2, -0.15) is 5.10 Å². The van der Waals surface area contributed by atoms with Gasteiger partial charge in [0.15, 0.2) is 5.78 Å². The summed E-state index contributed by atoms with van der Waals surface area (Å²) in [4.78, 5) is 52.9. The monoisotopic (exact) mass is 532 g/mol. The molecule has 2 aliphatic rings. The Kier molecular flexibility index (Phi) is 8.18. The minimum atomic E-state index is -1.11. The van der Waals surface area contributed by atoms with Crippen molar-refractivity contribution in [1.29, 1.82) is 0 Å². The second-order valence-electron chi connectivity index (χ2n) is 11.5. The number of nitrogens with one attached hydrogen (secondary N) is 1. The number of ketones is 1. The topological polar surface area (TPSA) is 119 Å². The number of amides is 3. The normalized spacial score (nSPS) is 19.6. The summed E-state index contributed by atoms with van der Waals surface area (Å²) in [6.07, 6.45) is 3.94. The maximum Gasteiger partial charge on any atom is 0.345 e. The molecule has 1 heterocycles. The van der Waals surface area contributed by atoms with Crippen LogP contribution in [0.5, 0.6) is 0 Å². The number of urea groups is 1. The van der Waals surface area contributed by atoms with Gasteiger partial charge in [-0.3, -0.25) is 14.5 Å². The van der Waals surface area contributed by atoms with Gasteiger partial charge in [0.2, 0.25) is 5.91 Å².